The van der Waals surface area contributed by atoms with Crippen molar-refractivity contribution in [2.24, 2.45) is 0 Å². The summed E-state index contributed by atoms with van der Waals surface area (Å²) in [5.74, 6) is -0.173. The predicted octanol–water partition coefficient (Wildman–Crippen LogP) is 18.4. The molecule has 0 aromatic carbocycles. The Morgan fingerprint density at radius 2 is 0.771 bits per heavy atom. The highest BCUT2D eigenvalue weighted by atomic mass is 16.7. The van der Waals surface area contributed by atoms with Crippen LogP contribution in [-0.4, -0.2) is 100 Å². The van der Waals surface area contributed by atoms with Crippen molar-refractivity contribution >= 4 is 11.9 Å². The molecule has 7 atom stereocenters. The normalized spacial score (nSPS) is 18.2. The molecule has 490 valence electrons. The first-order chi connectivity index (χ1) is 40.7. The minimum absolute atomic E-state index is 0.00531. The van der Waals surface area contributed by atoms with Gasteiger partial charge in [0.2, 0.25) is 5.91 Å². The molecule has 1 aliphatic rings. The van der Waals surface area contributed by atoms with Crippen molar-refractivity contribution in [3.8, 4) is 0 Å². The Bertz CT molecular complexity index is 1430. The molecule has 1 fully saturated rings. The fourth-order valence-corrected chi connectivity index (χ4v) is 11.6. The number of hydrogen-bond donors (Lipinski definition) is 6. The maximum Gasteiger partial charge on any atom is 0.305 e. The Morgan fingerprint density at radius 1 is 0.434 bits per heavy atom. The molecule has 6 N–H and O–H groups in total. The van der Waals surface area contributed by atoms with Crippen LogP contribution in [0.4, 0.5) is 0 Å². The van der Waals surface area contributed by atoms with Crippen LogP contribution in [0, 0.1) is 0 Å². The highest BCUT2D eigenvalue weighted by molar-refractivity contribution is 5.76. The third-order valence-electron chi connectivity index (χ3n) is 17.3. The summed E-state index contributed by atoms with van der Waals surface area (Å²) in [6, 6.07) is -0.805. The SMILES string of the molecule is CCCCCCCC/C=C\CCCCCCCC(=O)OCCCCCCCCCCCCCCCCCCCCCCCCCCCCCCCCCC(=O)NC(COC1OC(CO)C(O)C(O)C1O)C(O)/C=C/CCCCCCCCC. The first-order valence-corrected chi connectivity index (χ1v) is 36.1. The van der Waals surface area contributed by atoms with Gasteiger partial charge in [0.15, 0.2) is 6.29 Å². The van der Waals surface area contributed by atoms with E-state index in [2.05, 4.69) is 31.3 Å². The standard InChI is InChI=1S/C72H137NO10/c1-3-5-7-9-11-13-14-15-33-37-40-44-48-52-56-60-68(77)81-61-57-53-49-45-41-38-35-32-30-28-26-24-22-20-18-16-17-19-21-23-25-27-29-31-34-36-39-43-47-51-55-59-67(76)73-64(65(75)58-54-50-46-42-12-10-8-6-4-2)63-82-72-71(80)70(79)69(78)66(62-74)83-72/h15,33,54,58,64-66,69-72,74-75,78-80H,3-14,16-32,34-53,55-57,59-63H2,1-2H3,(H,73,76)/b33-15-,58-54+. The average molecular weight is 1180 g/mol. The van der Waals surface area contributed by atoms with Crippen molar-refractivity contribution in [2.45, 2.75) is 403 Å². The molecule has 83 heavy (non-hydrogen) atoms. The van der Waals surface area contributed by atoms with Crippen LogP contribution in [-0.2, 0) is 23.8 Å². The molecule has 0 spiro atoms. The third kappa shape index (κ3) is 50.8. The maximum absolute atomic E-state index is 13.0. The molecule has 0 bridgehead atoms. The summed E-state index contributed by atoms with van der Waals surface area (Å²) in [6.45, 7) is 4.35. The van der Waals surface area contributed by atoms with E-state index in [1.807, 2.05) is 6.08 Å². The highest BCUT2D eigenvalue weighted by Crippen LogP contribution is 2.23. The fraction of sp³-hybridized carbons (Fsp3) is 0.917. The van der Waals surface area contributed by atoms with E-state index in [-0.39, 0.29) is 18.5 Å². The minimum atomic E-state index is -1.57. The van der Waals surface area contributed by atoms with E-state index in [0.29, 0.717) is 19.4 Å². The van der Waals surface area contributed by atoms with Crippen LogP contribution in [0.5, 0.6) is 0 Å². The van der Waals surface area contributed by atoms with E-state index >= 15 is 0 Å². The second-order valence-electron chi connectivity index (χ2n) is 25.3. The number of rotatable bonds is 64. The van der Waals surface area contributed by atoms with E-state index in [1.165, 1.54) is 276 Å². The minimum Gasteiger partial charge on any atom is -0.466 e. The Labute approximate surface area is 511 Å². The van der Waals surface area contributed by atoms with Crippen molar-refractivity contribution in [1.29, 1.82) is 0 Å². The van der Waals surface area contributed by atoms with Crippen LogP contribution in [0.1, 0.15) is 361 Å². The van der Waals surface area contributed by atoms with Gasteiger partial charge in [-0.3, -0.25) is 9.59 Å². The summed E-state index contributed by atoms with van der Waals surface area (Å²) in [6.07, 6.45) is 67.7. The summed E-state index contributed by atoms with van der Waals surface area (Å²) in [5, 5.41) is 54.3. The van der Waals surface area contributed by atoms with Gasteiger partial charge in [-0.15, -0.1) is 0 Å². The summed E-state index contributed by atoms with van der Waals surface area (Å²) in [4.78, 5) is 25.1. The average Bonchev–Trinajstić information content (AvgIpc) is 3.58. The lowest BCUT2D eigenvalue weighted by molar-refractivity contribution is -0.302. The summed E-state index contributed by atoms with van der Waals surface area (Å²) < 4.78 is 16.7. The zero-order chi connectivity index (χ0) is 60.2. The Balaban J connectivity index is 1.88. The number of ether oxygens (including phenoxy) is 3. The second-order valence-corrected chi connectivity index (χ2v) is 25.3. The molecule has 0 radical (unpaired) electrons. The molecule has 1 heterocycles. The zero-order valence-electron chi connectivity index (χ0n) is 54.4. The highest BCUT2D eigenvalue weighted by Gasteiger charge is 2.44. The van der Waals surface area contributed by atoms with Crippen LogP contribution in [0.2, 0.25) is 0 Å². The van der Waals surface area contributed by atoms with E-state index in [4.69, 9.17) is 14.2 Å². The number of amides is 1. The number of allylic oxidation sites excluding steroid dienone is 3. The smallest absolute Gasteiger partial charge is 0.305 e. The predicted molar refractivity (Wildman–Crippen MR) is 348 cm³/mol. The van der Waals surface area contributed by atoms with Gasteiger partial charge in [-0.25, -0.2) is 0 Å². The molecule has 1 aliphatic heterocycles. The van der Waals surface area contributed by atoms with Gasteiger partial charge in [-0.1, -0.05) is 314 Å². The zero-order valence-corrected chi connectivity index (χ0v) is 54.4. The van der Waals surface area contributed by atoms with Gasteiger partial charge in [0.25, 0.3) is 0 Å². The Kier molecular flexibility index (Phi) is 58.9. The van der Waals surface area contributed by atoms with Crippen LogP contribution in [0.3, 0.4) is 0 Å². The van der Waals surface area contributed by atoms with Gasteiger partial charge in [0.1, 0.15) is 24.4 Å². The maximum atomic E-state index is 13.0. The van der Waals surface area contributed by atoms with Crippen molar-refractivity contribution in [1.82, 2.24) is 5.32 Å². The third-order valence-corrected chi connectivity index (χ3v) is 17.3. The lowest BCUT2D eigenvalue weighted by atomic mass is 9.99. The number of esters is 1. The number of aliphatic hydroxyl groups excluding tert-OH is 5. The summed E-state index contributed by atoms with van der Waals surface area (Å²) in [5.41, 5.74) is 0. The van der Waals surface area contributed by atoms with Crippen LogP contribution >= 0.6 is 0 Å². The topological polar surface area (TPSA) is 175 Å². The quantitative estimate of drug-likeness (QED) is 0.0195. The van der Waals surface area contributed by atoms with Crippen LogP contribution in [0.15, 0.2) is 24.3 Å². The lowest BCUT2D eigenvalue weighted by Crippen LogP contribution is -2.60. The first-order valence-electron chi connectivity index (χ1n) is 36.1. The van der Waals surface area contributed by atoms with Gasteiger partial charge < -0.3 is 45.1 Å². The van der Waals surface area contributed by atoms with Gasteiger partial charge >= 0.3 is 5.97 Å². The number of hydrogen-bond acceptors (Lipinski definition) is 10. The number of aliphatic hydroxyl groups is 5. The molecule has 0 aliphatic carbocycles. The molecular formula is C72H137NO10. The largest absolute Gasteiger partial charge is 0.466 e. The molecule has 1 amide bonds. The monoisotopic (exact) mass is 1180 g/mol. The van der Waals surface area contributed by atoms with Gasteiger partial charge in [-0.2, -0.15) is 0 Å². The van der Waals surface area contributed by atoms with E-state index in [1.54, 1.807) is 6.08 Å². The number of carbonyl (C=O) groups excluding carboxylic acids is 2. The molecule has 0 aromatic rings. The van der Waals surface area contributed by atoms with Gasteiger partial charge in [0, 0.05) is 12.8 Å². The lowest BCUT2D eigenvalue weighted by Gasteiger charge is -2.40. The molecule has 0 saturated carbocycles. The molecule has 0 aromatic heterocycles. The van der Waals surface area contributed by atoms with E-state index in [9.17, 15) is 35.1 Å². The first kappa shape index (κ1) is 79.2. The van der Waals surface area contributed by atoms with Crippen molar-refractivity contribution in [3.05, 3.63) is 24.3 Å². The summed E-state index contributed by atoms with van der Waals surface area (Å²) in [7, 11) is 0. The number of carbonyl (C=O) groups is 2. The number of nitrogens with one attached hydrogen (secondary N) is 1. The van der Waals surface area contributed by atoms with Crippen molar-refractivity contribution in [3.63, 3.8) is 0 Å². The van der Waals surface area contributed by atoms with E-state index in [0.717, 1.165) is 57.8 Å². The van der Waals surface area contributed by atoms with E-state index < -0.39 is 49.5 Å². The Morgan fingerprint density at radius 3 is 1.16 bits per heavy atom. The van der Waals surface area contributed by atoms with Gasteiger partial charge in [-0.05, 0) is 57.8 Å². The molecule has 11 nitrogen and oxygen atoms in total. The van der Waals surface area contributed by atoms with Crippen LogP contribution in [0.25, 0.3) is 0 Å². The molecule has 1 rings (SSSR count). The Hall–Kier alpha value is -1.86. The van der Waals surface area contributed by atoms with Crippen LogP contribution < -0.4 is 5.32 Å². The second kappa shape index (κ2) is 61.8. The molecule has 7 unspecified atom stereocenters. The molecule has 11 heteroatoms. The van der Waals surface area contributed by atoms with Gasteiger partial charge in [0.05, 0.1) is 32.0 Å². The molecular weight excluding hydrogens is 1040 g/mol. The summed E-state index contributed by atoms with van der Waals surface area (Å²) >= 11 is 0. The fourth-order valence-electron chi connectivity index (χ4n) is 11.6. The van der Waals surface area contributed by atoms with Crippen molar-refractivity contribution < 1.29 is 49.3 Å². The number of unbranched alkanes of at least 4 members (excludes halogenated alkanes) is 48. The molecule has 1 saturated heterocycles. The van der Waals surface area contributed by atoms with Crippen molar-refractivity contribution in [2.75, 3.05) is 19.8 Å².